The van der Waals surface area contributed by atoms with Gasteiger partial charge in [0.25, 0.3) is 0 Å². The van der Waals surface area contributed by atoms with Crippen LogP contribution in [0.3, 0.4) is 0 Å². The van der Waals surface area contributed by atoms with Crippen molar-refractivity contribution in [2.24, 2.45) is 16.3 Å². The fourth-order valence-electron chi connectivity index (χ4n) is 3.22. The first kappa shape index (κ1) is 13.9. The van der Waals surface area contributed by atoms with E-state index in [1.807, 2.05) is 0 Å². The lowest BCUT2D eigenvalue weighted by Crippen LogP contribution is -2.47. The van der Waals surface area contributed by atoms with Crippen LogP contribution in [0.1, 0.15) is 43.9 Å². The Kier molecular flexibility index (Phi) is 4.29. The summed E-state index contributed by atoms with van der Waals surface area (Å²) in [6, 6.07) is 4.24. The Labute approximate surface area is 125 Å². The van der Waals surface area contributed by atoms with Gasteiger partial charge in [-0.2, -0.15) is 0 Å². The lowest BCUT2D eigenvalue weighted by molar-refractivity contribution is 0.106. The summed E-state index contributed by atoms with van der Waals surface area (Å²) in [5.74, 6) is 1.97. The molecule has 0 saturated heterocycles. The lowest BCUT2D eigenvalue weighted by atomic mass is 9.65. The molecule has 2 aliphatic carbocycles. The van der Waals surface area contributed by atoms with Crippen LogP contribution in [0.2, 0.25) is 0 Å². The molecule has 20 heavy (non-hydrogen) atoms. The van der Waals surface area contributed by atoms with Gasteiger partial charge in [-0.05, 0) is 55.4 Å². The molecule has 0 bridgehead atoms. The average molecular weight is 291 g/mol. The summed E-state index contributed by atoms with van der Waals surface area (Å²) in [7, 11) is 0. The Morgan fingerprint density at radius 3 is 2.80 bits per heavy atom. The minimum absolute atomic E-state index is 0.596. The molecule has 110 valence electrons. The molecule has 0 amide bonds. The molecule has 1 aromatic rings. The molecule has 2 saturated carbocycles. The summed E-state index contributed by atoms with van der Waals surface area (Å²) in [5.41, 5.74) is 0.596. The van der Waals surface area contributed by atoms with Crippen LogP contribution < -0.4 is 10.6 Å². The molecule has 0 radical (unpaired) electrons. The zero-order valence-electron chi connectivity index (χ0n) is 12.3. The van der Waals surface area contributed by atoms with Crippen LogP contribution in [0.5, 0.6) is 0 Å². The van der Waals surface area contributed by atoms with Crippen LogP contribution >= 0.6 is 11.3 Å². The van der Waals surface area contributed by atoms with Crippen molar-refractivity contribution >= 4 is 17.3 Å². The number of nitrogens with zero attached hydrogens (tertiary/aromatic N) is 1. The van der Waals surface area contributed by atoms with Crippen molar-refractivity contribution in [2.45, 2.75) is 45.6 Å². The van der Waals surface area contributed by atoms with Crippen LogP contribution in [0.4, 0.5) is 0 Å². The van der Waals surface area contributed by atoms with E-state index in [-0.39, 0.29) is 0 Å². The summed E-state index contributed by atoms with van der Waals surface area (Å²) in [4.78, 5) is 6.02. The van der Waals surface area contributed by atoms with Gasteiger partial charge in [-0.25, -0.2) is 4.99 Å². The van der Waals surface area contributed by atoms with Crippen molar-refractivity contribution in [1.29, 1.82) is 0 Å². The predicted molar refractivity (Wildman–Crippen MR) is 86.1 cm³/mol. The van der Waals surface area contributed by atoms with Gasteiger partial charge in [0.05, 0.1) is 6.54 Å². The van der Waals surface area contributed by atoms with Crippen molar-refractivity contribution < 1.29 is 0 Å². The SMILES string of the molecule is CCNC(=NCc1cccs1)NCC1(C2CC2)CCC1. The Balaban J connectivity index is 1.55. The van der Waals surface area contributed by atoms with Gasteiger partial charge in [0, 0.05) is 18.0 Å². The molecule has 0 unspecified atom stereocenters. The van der Waals surface area contributed by atoms with E-state index in [1.54, 1.807) is 11.3 Å². The second kappa shape index (κ2) is 6.17. The summed E-state index contributed by atoms with van der Waals surface area (Å²) in [5, 5.41) is 9.07. The smallest absolute Gasteiger partial charge is 0.191 e. The Bertz CT molecular complexity index is 444. The molecule has 0 aromatic carbocycles. The van der Waals surface area contributed by atoms with E-state index >= 15 is 0 Å². The number of thiophene rings is 1. The van der Waals surface area contributed by atoms with Crippen molar-refractivity contribution in [3.8, 4) is 0 Å². The quantitative estimate of drug-likeness (QED) is 0.622. The van der Waals surface area contributed by atoms with Crippen LogP contribution in [0.15, 0.2) is 22.5 Å². The molecule has 1 aromatic heterocycles. The van der Waals surface area contributed by atoms with Gasteiger partial charge >= 0.3 is 0 Å². The van der Waals surface area contributed by atoms with E-state index in [1.165, 1.54) is 37.0 Å². The molecule has 3 rings (SSSR count). The van der Waals surface area contributed by atoms with Crippen molar-refractivity contribution in [1.82, 2.24) is 10.6 Å². The number of hydrogen-bond acceptors (Lipinski definition) is 2. The van der Waals surface area contributed by atoms with Crippen molar-refractivity contribution in [2.75, 3.05) is 13.1 Å². The Morgan fingerprint density at radius 1 is 1.40 bits per heavy atom. The predicted octanol–water partition coefficient (Wildman–Crippen LogP) is 3.38. The molecule has 4 heteroatoms. The summed E-state index contributed by atoms with van der Waals surface area (Å²) < 4.78 is 0. The minimum Gasteiger partial charge on any atom is -0.357 e. The number of aliphatic imine (C=N–C) groups is 1. The molecular formula is C16H25N3S. The van der Waals surface area contributed by atoms with Gasteiger partial charge in [-0.3, -0.25) is 0 Å². The highest BCUT2D eigenvalue weighted by atomic mass is 32.1. The zero-order chi connectivity index (χ0) is 13.8. The van der Waals surface area contributed by atoms with Crippen molar-refractivity contribution in [3.63, 3.8) is 0 Å². The largest absolute Gasteiger partial charge is 0.357 e. The first-order valence-electron chi connectivity index (χ1n) is 7.87. The molecule has 0 atom stereocenters. The first-order chi connectivity index (χ1) is 9.82. The summed E-state index contributed by atoms with van der Waals surface area (Å²) in [6.07, 6.45) is 7.14. The molecule has 2 fully saturated rings. The zero-order valence-corrected chi connectivity index (χ0v) is 13.1. The van der Waals surface area contributed by atoms with E-state index in [0.717, 1.165) is 31.5 Å². The van der Waals surface area contributed by atoms with E-state index < -0.39 is 0 Å². The molecule has 2 N–H and O–H groups in total. The van der Waals surface area contributed by atoms with Gasteiger partial charge in [-0.1, -0.05) is 12.5 Å². The van der Waals surface area contributed by atoms with E-state index in [9.17, 15) is 0 Å². The van der Waals surface area contributed by atoms with Crippen LogP contribution in [0, 0.1) is 11.3 Å². The maximum absolute atomic E-state index is 4.70. The molecule has 0 spiro atoms. The fourth-order valence-corrected chi connectivity index (χ4v) is 3.85. The van der Waals surface area contributed by atoms with E-state index in [4.69, 9.17) is 4.99 Å². The summed E-state index contributed by atoms with van der Waals surface area (Å²) >= 11 is 1.77. The number of guanidine groups is 1. The monoisotopic (exact) mass is 291 g/mol. The number of rotatable bonds is 6. The lowest BCUT2D eigenvalue weighted by Gasteiger charge is -2.43. The molecule has 0 aliphatic heterocycles. The second-order valence-electron chi connectivity index (χ2n) is 6.12. The Hall–Kier alpha value is -1.03. The third kappa shape index (κ3) is 3.17. The third-order valence-electron chi connectivity index (χ3n) is 4.72. The molecule has 2 aliphatic rings. The fraction of sp³-hybridized carbons (Fsp3) is 0.688. The van der Waals surface area contributed by atoms with Gasteiger partial charge in [0.15, 0.2) is 5.96 Å². The van der Waals surface area contributed by atoms with Gasteiger partial charge in [0.1, 0.15) is 0 Å². The van der Waals surface area contributed by atoms with Crippen LogP contribution in [-0.4, -0.2) is 19.0 Å². The molecular weight excluding hydrogens is 266 g/mol. The second-order valence-corrected chi connectivity index (χ2v) is 7.15. The van der Waals surface area contributed by atoms with Crippen LogP contribution in [0.25, 0.3) is 0 Å². The van der Waals surface area contributed by atoms with Crippen molar-refractivity contribution in [3.05, 3.63) is 22.4 Å². The molecule has 1 heterocycles. The van der Waals surface area contributed by atoms with E-state index in [0.29, 0.717) is 5.41 Å². The van der Waals surface area contributed by atoms with Crippen LogP contribution in [-0.2, 0) is 6.54 Å². The average Bonchev–Trinajstić information content (AvgIpc) is 3.11. The maximum Gasteiger partial charge on any atom is 0.191 e. The first-order valence-corrected chi connectivity index (χ1v) is 8.75. The van der Waals surface area contributed by atoms with E-state index in [2.05, 4.69) is 35.1 Å². The number of hydrogen-bond donors (Lipinski definition) is 2. The summed E-state index contributed by atoms with van der Waals surface area (Å²) in [6.45, 7) is 4.94. The molecule has 3 nitrogen and oxygen atoms in total. The third-order valence-corrected chi connectivity index (χ3v) is 5.58. The normalized spacial score (nSPS) is 21.4. The number of nitrogens with one attached hydrogen (secondary N) is 2. The van der Waals surface area contributed by atoms with Gasteiger partial charge in [0.2, 0.25) is 0 Å². The minimum atomic E-state index is 0.596. The highest BCUT2D eigenvalue weighted by Gasteiger charge is 2.48. The standard InChI is InChI=1S/C16H25N3S/c1-2-17-15(18-11-14-5-3-10-20-14)19-12-16(8-4-9-16)13-6-7-13/h3,5,10,13H,2,4,6-9,11-12H2,1H3,(H2,17,18,19). The van der Waals surface area contributed by atoms with Gasteiger partial charge in [-0.15, -0.1) is 11.3 Å². The van der Waals surface area contributed by atoms with Gasteiger partial charge < -0.3 is 10.6 Å². The maximum atomic E-state index is 4.70. The Morgan fingerprint density at radius 2 is 2.25 bits per heavy atom. The highest BCUT2D eigenvalue weighted by molar-refractivity contribution is 7.09. The topological polar surface area (TPSA) is 36.4 Å². The highest BCUT2D eigenvalue weighted by Crippen LogP contribution is 2.56.